The highest BCUT2D eigenvalue weighted by molar-refractivity contribution is 5.94. The maximum atomic E-state index is 12.6. The van der Waals surface area contributed by atoms with Gasteiger partial charge in [-0.2, -0.15) is 0 Å². The van der Waals surface area contributed by atoms with Crippen molar-refractivity contribution in [1.82, 2.24) is 9.80 Å². The number of ether oxygens (including phenoxy) is 2. The minimum absolute atomic E-state index is 0.0748. The maximum Gasteiger partial charge on any atom is 0.254 e. The van der Waals surface area contributed by atoms with Gasteiger partial charge in [-0.05, 0) is 50.1 Å². The average Bonchev–Trinajstić information content (AvgIpc) is 3.38. The molecule has 1 unspecified atom stereocenters. The van der Waals surface area contributed by atoms with Crippen molar-refractivity contribution in [3.8, 4) is 5.75 Å². The number of methoxy groups -OCH3 is 1. The van der Waals surface area contributed by atoms with Gasteiger partial charge in [0.1, 0.15) is 5.75 Å². The quantitative estimate of drug-likeness (QED) is 0.803. The highest BCUT2D eigenvalue weighted by Gasteiger charge is 2.28. The van der Waals surface area contributed by atoms with E-state index in [2.05, 4.69) is 11.9 Å². The standard InChI is InChI=1S/C18H26N2O3/c1-19(11-14-3-4-14)12-17-13-20(9-10-23-17)18(21)15-5-7-16(22-2)8-6-15/h5-8,14,17H,3-4,9-13H2,1-2H3. The molecular weight excluding hydrogens is 292 g/mol. The van der Waals surface area contributed by atoms with Crippen molar-refractivity contribution in [1.29, 1.82) is 0 Å². The lowest BCUT2D eigenvalue weighted by atomic mass is 10.1. The van der Waals surface area contributed by atoms with Crippen LogP contribution in [0.2, 0.25) is 0 Å². The molecule has 5 nitrogen and oxygen atoms in total. The predicted octanol–water partition coefficient (Wildman–Crippen LogP) is 1.88. The van der Waals surface area contributed by atoms with Crippen LogP contribution in [0.4, 0.5) is 0 Å². The molecule has 126 valence electrons. The Morgan fingerprint density at radius 3 is 2.70 bits per heavy atom. The summed E-state index contributed by atoms with van der Waals surface area (Å²) >= 11 is 0. The molecule has 1 amide bonds. The summed E-state index contributed by atoms with van der Waals surface area (Å²) in [4.78, 5) is 16.9. The molecule has 1 aliphatic carbocycles. The number of carbonyl (C=O) groups is 1. The normalized spacial score (nSPS) is 21.5. The van der Waals surface area contributed by atoms with Crippen LogP contribution in [-0.2, 0) is 4.74 Å². The van der Waals surface area contributed by atoms with Crippen LogP contribution in [0.5, 0.6) is 5.75 Å². The number of hydrogen-bond acceptors (Lipinski definition) is 4. The first-order valence-electron chi connectivity index (χ1n) is 8.39. The Balaban J connectivity index is 1.54. The summed E-state index contributed by atoms with van der Waals surface area (Å²) in [5.41, 5.74) is 0.706. The minimum Gasteiger partial charge on any atom is -0.497 e. The third-order valence-corrected chi connectivity index (χ3v) is 4.55. The molecule has 1 aromatic rings. The number of likely N-dealkylation sites (N-methyl/N-ethyl adjacent to an activating group) is 1. The van der Waals surface area contributed by atoms with E-state index in [1.54, 1.807) is 7.11 Å². The molecule has 0 spiro atoms. The molecule has 0 bridgehead atoms. The molecule has 0 aromatic heterocycles. The largest absolute Gasteiger partial charge is 0.497 e. The summed E-state index contributed by atoms with van der Waals surface area (Å²) in [5.74, 6) is 1.72. The topological polar surface area (TPSA) is 42.0 Å². The van der Waals surface area contributed by atoms with E-state index in [1.807, 2.05) is 29.2 Å². The van der Waals surface area contributed by atoms with E-state index in [4.69, 9.17) is 9.47 Å². The Labute approximate surface area is 138 Å². The summed E-state index contributed by atoms with van der Waals surface area (Å²) in [6.07, 6.45) is 2.82. The summed E-state index contributed by atoms with van der Waals surface area (Å²) in [7, 11) is 3.77. The Morgan fingerprint density at radius 1 is 1.30 bits per heavy atom. The third-order valence-electron chi connectivity index (χ3n) is 4.55. The summed E-state index contributed by atoms with van der Waals surface area (Å²) in [6.45, 7) is 3.98. The molecule has 1 aromatic carbocycles. The van der Waals surface area contributed by atoms with Gasteiger partial charge >= 0.3 is 0 Å². The van der Waals surface area contributed by atoms with Crippen molar-refractivity contribution in [3.05, 3.63) is 29.8 Å². The molecule has 0 radical (unpaired) electrons. The predicted molar refractivity (Wildman–Crippen MR) is 88.9 cm³/mol. The van der Waals surface area contributed by atoms with Gasteiger partial charge in [-0.3, -0.25) is 4.79 Å². The number of benzene rings is 1. The molecule has 2 fully saturated rings. The number of morpholine rings is 1. The number of hydrogen-bond donors (Lipinski definition) is 0. The second kappa shape index (κ2) is 7.32. The van der Waals surface area contributed by atoms with Crippen molar-refractivity contribution in [2.75, 3.05) is 46.9 Å². The van der Waals surface area contributed by atoms with Crippen molar-refractivity contribution in [2.45, 2.75) is 18.9 Å². The first-order chi connectivity index (χ1) is 11.2. The van der Waals surface area contributed by atoms with Crippen LogP contribution in [-0.4, -0.2) is 68.8 Å². The van der Waals surface area contributed by atoms with E-state index in [0.717, 1.165) is 24.8 Å². The van der Waals surface area contributed by atoms with Gasteiger partial charge in [0.2, 0.25) is 0 Å². The average molecular weight is 318 g/mol. The Kier molecular flexibility index (Phi) is 5.18. The van der Waals surface area contributed by atoms with Crippen molar-refractivity contribution in [3.63, 3.8) is 0 Å². The molecule has 1 saturated carbocycles. The van der Waals surface area contributed by atoms with E-state index >= 15 is 0 Å². The van der Waals surface area contributed by atoms with Crippen molar-refractivity contribution < 1.29 is 14.3 Å². The molecule has 2 aliphatic rings. The third kappa shape index (κ3) is 4.45. The van der Waals surface area contributed by atoms with Crippen LogP contribution in [0.1, 0.15) is 23.2 Å². The molecule has 1 heterocycles. The van der Waals surface area contributed by atoms with Crippen LogP contribution >= 0.6 is 0 Å². The van der Waals surface area contributed by atoms with Crippen LogP contribution in [0.3, 0.4) is 0 Å². The maximum absolute atomic E-state index is 12.6. The van der Waals surface area contributed by atoms with Gasteiger partial charge in [-0.15, -0.1) is 0 Å². The van der Waals surface area contributed by atoms with Gasteiger partial charge < -0.3 is 19.3 Å². The van der Waals surface area contributed by atoms with Crippen LogP contribution in [0.25, 0.3) is 0 Å². The Morgan fingerprint density at radius 2 is 2.04 bits per heavy atom. The lowest BCUT2D eigenvalue weighted by molar-refractivity contribution is -0.0334. The molecular formula is C18H26N2O3. The van der Waals surface area contributed by atoms with Gasteiger partial charge in [-0.1, -0.05) is 0 Å². The van der Waals surface area contributed by atoms with Gasteiger partial charge in [0.15, 0.2) is 0 Å². The zero-order valence-corrected chi connectivity index (χ0v) is 14.0. The molecule has 3 rings (SSSR count). The lowest BCUT2D eigenvalue weighted by Crippen LogP contribution is -2.49. The highest BCUT2D eigenvalue weighted by atomic mass is 16.5. The minimum atomic E-state index is 0.0748. The number of amides is 1. The van der Waals surface area contributed by atoms with E-state index in [0.29, 0.717) is 25.3 Å². The SMILES string of the molecule is COc1ccc(C(=O)N2CCOC(CN(C)CC3CC3)C2)cc1. The number of rotatable bonds is 6. The van der Waals surface area contributed by atoms with Gasteiger partial charge in [-0.25, -0.2) is 0 Å². The summed E-state index contributed by atoms with van der Waals surface area (Å²) in [6, 6.07) is 7.30. The smallest absolute Gasteiger partial charge is 0.254 e. The summed E-state index contributed by atoms with van der Waals surface area (Å²) in [5, 5.41) is 0. The first-order valence-corrected chi connectivity index (χ1v) is 8.39. The van der Waals surface area contributed by atoms with Crippen molar-refractivity contribution >= 4 is 5.91 Å². The van der Waals surface area contributed by atoms with E-state index in [9.17, 15) is 4.79 Å². The fourth-order valence-electron chi connectivity index (χ4n) is 3.09. The van der Waals surface area contributed by atoms with Crippen LogP contribution < -0.4 is 4.74 Å². The first kappa shape index (κ1) is 16.3. The molecule has 0 N–H and O–H groups in total. The lowest BCUT2D eigenvalue weighted by Gasteiger charge is -2.35. The molecule has 5 heteroatoms. The second-order valence-corrected chi connectivity index (χ2v) is 6.64. The highest BCUT2D eigenvalue weighted by Crippen LogP contribution is 2.29. The molecule has 23 heavy (non-hydrogen) atoms. The molecule has 1 saturated heterocycles. The Bertz CT molecular complexity index is 528. The van der Waals surface area contributed by atoms with Crippen LogP contribution in [0.15, 0.2) is 24.3 Å². The zero-order chi connectivity index (χ0) is 16.2. The number of nitrogens with zero attached hydrogens (tertiary/aromatic N) is 2. The Hall–Kier alpha value is -1.59. The van der Waals surface area contributed by atoms with E-state index < -0.39 is 0 Å². The summed E-state index contributed by atoms with van der Waals surface area (Å²) < 4.78 is 11.0. The van der Waals surface area contributed by atoms with Crippen LogP contribution in [0, 0.1) is 5.92 Å². The number of carbonyl (C=O) groups excluding carboxylic acids is 1. The van der Waals surface area contributed by atoms with Gasteiger partial charge in [0.05, 0.1) is 19.8 Å². The second-order valence-electron chi connectivity index (χ2n) is 6.64. The monoisotopic (exact) mass is 318 g/mol. The van der Waals surface area contributed by atoms with E-state index in [-0.39, 0.29) is 12.0 Å². The molecule has 1 aliphatic heterocycles. The fraction of sp³-hybridized carbons (Fsp3) is 0.611. The van der Waals surface area contributed by atoms with E-state index in [1.165, 1.54) is 12.8 Å². The van der Waals surface area contributed by atoms with Gasteiger partial charge in [0.25, 0.3) is 5.91 Å². The fourth-order valence-corrected chi connectivity index (χ4v) is 3.09. The zero-order valence-electron chi connectivity index (χ0n) is 14.0. The molecule has 1 atom stereocenters. The van der Waals surface area contributed by atoms with Gasteiger partial charge in [0, 0.05) is 31.7 Å². The van der Waals surface area contributed by atoms with Crippen molar-refractivity contribution in [2.24, 2.45) is 5.92 Å².